The van der Waals surface area contributed by atoms with Gasteiger partial charge in [-0.2, -0.15) is 0 Å². The Morgan fingerprint density at radius 1 is 1.29 bits per heavy atom. The highest BCUT2D eigenvalue weighted by Crippen LogP contribution is 2.36. The number of fused-ring (bicyclic) bond motifs is 2. The van der Waals surface area contributed by atoms with E-state index in [2.05, 4.69) is 20.9 Å². The quantitative estimate of drug-likeness (QED) is 0.475. The number of carbonyl (C=O) groups excluding carboxylic acids is 4. The van der Waals surface area contributed by atoms with Gasteiger partial charge >= 0.3 is 5.97 Å². The standard InChI is InChI=1S/C21H28N4O5S/c1-4-5-6-13-9-15(26)22-10-16-23-14(11-31-16)18(27)25-21(7-8-21)20(29)24-17(12(2)3)19(28)30-13/h5-6,11-13,17H,4,7-10H2,1-3H3,(H,22,26)(H,24,29)(H,25,27)/b6-5+/t13-,17+/m1/s1. The molecule has 2 atom stereocenters. The summed E-state index contributed by atoms with van der Waals surface area (Å²) >= 11 is 1.25. The number of nitrogens with one attached hydrogen (secondary N) is 3. The molecule has 0 saturated heterocycles. The Morgan fingerprint density at radius 2 is 2.03 bits per heavy atom. The highest BCUT2D eigenvalue weighted by Gasteiger charge is 2.52. The number of ether oxygens (including phenoxy) is 1. The largest absolute Gasteiger partial charge is 0.456 e. The zero-order chi connectivity index (χ0) is 22.6. The van der Waals surface area contributed by atoms with Crippen molar-refractivity contribution in [3.63, 3.8) is 0 Å². The van der Waals surface area contributed by atoms with Crippen molar-refractivity contribution in [1.82, 2.24) is 20.9 Å². The Morgan fingerprint density at radius 3 is 2.68 bits per heavy atom. The van der Waals surface area contributed by atoms with Crippen LogP contribution in [0.2, 0.25) is 0 Å². The van der Waals surface area contributed by atoms with Gasteiger partial charge in [0.25, 0.3) is 5.91 Å². The van der Waals surface area contributed by atoms with Gasteiger partial charge in [-0.05, 0) is 31.3 Å². The highest BCUT2D eigenvalue weighted by molar-refractivity contribution is 7.09. The lowest BCUT2D eigenvalue weighted by Gasteiger charge is -2.26. The van der Waals surface area contributed by atoms with Crippen LogP contribution in [0.15, 0.2) is 17.5 Å². The Balaban J connectivity index is 1.88. The average molecular weight is 449 g/mol. The van der Waals surface area contributed by atoms with Gasteiger partial charge in [0.05, 0.1) is 13.0 Å². The topological polar surface area (TPSA) is 126 Å². The molecule has 2 bridgehead atoms. The van der Waals surface area contributed by atoms with Crippen molar-refractivity contribution in [3.05, 3.63) is 28.2 Å². The predicted molar refractivity (Wildman–Crippen MR) is 114 cm³/mol. The van der Waals surface area contributed by atoms with Crippen molar-refractivity contribution in [2.24, 2.45) is 5.92 Å². The number of cyclic esters (lactones) is 1. The lowest BCUT2D eigenvalue weighted by Crippen LogP contribution is -2.55. The summed E-state index contributed by atoms with van der Waals surface area (Å²) in [6, 6.07) is -0.902. The van der Waals surface area contributed by atoms with Gasteiger partial charge in [-0.25, -0.2) is 9.78 Å². The van der Waals surface area contributed by atoms with E-state index in [1.54, 1.807) is 25.3 Å². The molecule has 31 heavy (non-hydrogen) atoms. The monoisotopic (exact) mass is 448 g/mol. The van der Waals surface area contributed by atoms with E-state index in [1.807, 2.05) is 13.0 Å². The first-order valence-electron chi connectivity index (χ1n) is 10.5. The van der Waals surface area contributed by atoms with Crippen LogP contribution in [0.3, 0.4) is 0 Å². The van der Waals surface area contributed by atoms with Crippen molar-refractivity contribution in [2.45, 2.75) is 70.7 Å². The zero-order valence-electron chi connectivity index (χ0n) is 17.9. The summed E-state index contributed by atoms with van der Waals surface area (Å²) in [7, 11) is 0. The third-order valence-electron chi connectivity index (χ3n) is 5.21. The Hall–Kier alpha value is -2.75. The fourth-order valence-electron chi connectivity index (χ4n) is 3.18. The predicted octanol–water partition coefficient (Wildman–Crippen LogP) is 1.44. The molecule has 1 aliphatic carbocycles. The zero-order valence-corrected chi connectivity index (χ0v) is 18.7. The molecule has 9 nitrogen and oxygen atoms in total. The molecule has 1 aromatic rings. The third kappa shape index (κ3) is 5.69. The van der Waals surface area contributed by atoms with Gasteiger partial charge in [-0.1, -0.05) is 26.8 Å². The molecule has 0 aromatic carbocycles. The summed E-state index contributed by atoms with van der Waals surface area (Å²) in [4.78, 5) is 55.0. The minimum absolute atomic E-state index is 0.0519. The molecular formula is C21H28N4O5S. The summed E-state index contributed by atoms with van der Waals surface area (Å²) in [6.07, 6.45) is 4.41. The van der Waals surface area contributed by atoms with Gasteiger partial charge < -0.3 is 20.7 Å². The molecule has 1 spiro atoms. The minimum atomic E-state index is -1.04. The number of esters is 1. The van der Waals surface area contributed by atoms with Crippen LogP contribution < -0.4 is 16.0 Å². The van der Waals surface area contributed by atoms with Crippen LogP contribution in [0.4, 0.5) is 0 Å². The van der Waals surface area contributed by atoms with E-state index in [4.69, 9.17) is 4.74 Å². The van der Waals surface area contributed by atoms with Gasteiger partial charge in [0.2, 0.25) is 11.8 Å². The second kappa shape index (κ2) is 9.59. The van der Waals surface area contributed by atoms with E-state index in [-0.39, 0.29) is 30.5 Å². The number of hydrogen-bond donors (Lipinski definition) is 3. The summed E-state index contributed by atoms with van der Waals surface area (Å²) < 4.78 is 5.58. The van der Waals surface area contributed by atoms with E-state index in [0.717, 1.165) is 6.42 Å². The number of hydrogen-bond acceptors (Lipinski definition) is 7. The normalized spacial score (nSPS) is 24.6. The molecule has 3 N–H and O–H groups in total. The van der Waals surface area contributed by atoms with Crippen molar-refractivity contribution in [2.75, 3.05) is 0 Å². The molecule has 2 heterocycles. The summed E-state index contributed by atoms with van der Waals surface area (Å²) in [5.74, 6) is -2.04. The number of allylic oxidation sites excluding steroid dienone is 1. The average Bonchev–Trinajstić information content (AvgIpc) is 3.33. The molecule has 168 valence electrons. The number of aromatic nitrogens is 1. The van der Waals surface area contributed by atoms with Crippen molar-refractivity contribution in [3.8, 4) is 0 Å². The number of amides is 3. The molecule has 3 amide bonds. The molecule has 3 rings (SSSR count). The van der Waals surface area contributed by atoms with E-state index < -0.39 is 35.5 Å². The van der Waals surface area contributed by atoms with E-state index >= 15 is 0 Å². The van der Waals surface area contributed by atoms with E-state index in [0.29, 0.717) is 17.8 Å². The lowest BCUT2D eigenvalue weighted by atomic mass is 10.0. The maximum absolute atomic E-state index is 12.9. The number of carbonyl (C=O) groups is 4. The Labute approximate surface area is 185 Å². The van der Waals surface area contributed by atoms with Crippen LogP contribution in [-0.4, -0.2) is 46.4 Å². The molecule has 0 unspecified atom stereocenters. The third-order valence-corrected chi connectivity index (χ3v) is 6.06. The van der Waals surface area contributed by atoms with Gasteiger partial charge in [0.1, 0.15) is 28.4 Å². The fourth-order valence-corrected chi connectivity index (χ4v) is 3.89. The van der Waals surface area contributed by atoms with Gasteiger partial charge in [0.15, 0.2) is 0 Å². The van der Waals surface area contributed by atoms with E-state index in [1.165, 1.54) is 11.3 Å². The van der Waals surface area contributed by atoms with Crippen LogP contribution in [0.25, 0.3) is 0 Å². The molecule has 1 saturated carbocycles. The number of thiazole rings is 1. The lowest BCUT2D eigenvalue weighted by molar-refractivity contribution is -0.153. The Kier molecular flexibility index (Phi) is 7.09. The van der Waals surface area contributed by atoms with Crippen molar-refractivity contribution >= 4 is 35.0 Å². The first kappa shape index (κ1) is 22.9. The van der Waals surface area contributed by atoms with Crippen LogP contribution in [0, 0.1) is 5.92 Å². The van der Waals surface area contributed by atoms with Gasteiger partial charge in [-0.15, -0.1) is 11.3 Å². The summed E-state index contributed by atoms with van der Waals surface area (Å²) in [5, 5.41) is 10.4. The molecular weight excluding hydrogens is 420 g/mol. The number of nitrogens with zero attached hydrogens (tertiary/aromatic N) is 1. The second-order valence-corrected chi connectivity index (χ2v) is 9.09. The maximum Gasteiger partial charge on any atom is 0.329 e. The second-order valence-electron chi connectivity index (χ2n) is 8.15. The van der Waals surface area contributed by atoms with Crippen LogP contribution in [-0.2, 0) is 25.7 Å². The highest BCUT2D eigenvalue weighted by atomic mass is 32.1. The van der Waals surface area contributed by atoms with Gasteiger partial charge in [0, 0.05) is 5.38 Å². The molecule has 1 fully saturated rings. The van der Waals surface area contributed by atoms with E-state index in [9.17, 15) is 19.2 Å². The SMILES string of the molecule is CC/C=C/[C@@H]1CC(=O)NCc2nc(cs2)C(=O)NC2(CC2)C(=O)N[C@@H](C(C)C)C(=O)O1. The molecule has 10 heteroatoms. The number of rotatable bonds is 3. The van der Waals surface area contributed by atoms with Crippen LogP contribution >= 0.6 is 11.3 Å². The first-order valence-corrected chi connectivity index (χ1v) is 11.3. The van der Waals surface area contributed by atoms with Crippen molar-refractivity contribution in [1.29, 1.82) is 0 Å². The van der Waals surface area contributed by atoms with Gasteiger partial charge in [-0.3, -0.25) is 14.4 Å². The molecule has 1 aromatic heterocycles. The van der Waals surface area contributed by atoms with Crippen LogP contribution in [0.5, 0.6) is 0 Å². The molecule has 2 aliphatic rings. The molecule has 1 aliphatic heterocycles. The minimum Gasteiger partial charge on any atom is -0.456 e. The fraction of sp³-hybridized carbons (Fsp3) is 0.571. The van der Waals surface area contributed by atoms with Crippen molar-refractivity contribution < 1.29 is 23.9 Å². The smallest absolute Gasteiger partial charge is 0.329 e. The first-order chi connectivity index (χ1) is 14.7. The summed E-state index contributed by atoms with van der Waals surface area (Å²) in [5.41, 5.74) is -0.842. The Bertz CT molecular complexity index is 890. The summed E-state index contributed by atoms with van der Waals surface area (Å²) in [6.45, 7) is 5.69. The van der Waals surface area contributed by atoms with Crippen LogP contribution in [0.1, 0.15) is 62.0 Å². The molecule has 0 radical (unpaired) electrons. The maximum atomic E-state index is 12.9.